The van der Waals surface area contributed by atoms with Gasteiger partial charge in [-0.25, -0.2) is 4.39 Å². The Labute approximate surface area is 150 Å². The van der Waals surface area contributed by atoms with Crippen LogP contribution in [0.15, 0.2) is 60.2 Å². The molecular formula is C20H18FNO4. The summed E-state index contributed by atoms with van der Waals surface area (Å²) in [6.45, 7) is -0.0999. The zero-order chi connectivity index (χ0) is 18.7. The van der Waals surface area contributed by atoms with E-state index in [4.69, 9.17) is 5.11 Å². The molecule has 5 nitrogen and oxygen atoms in total. The number of rotatable bonds is 5. The molecule has 1 heterocycles. The smallest absolute Gasteiger partial charge is 0.295 e. The fraction of sp³-hybridized carbons (Fsp3) is 0.200. The fourth-order valence-corrected chi connectivity index (χ4v) is 3.12. The van der Waals surface area contributed by atoms with Crippen LogP contribution in [-0.2, 0) is 9.59 Å². The standard InChI is InChI=1S/C20H18FNO4/c21-15-10-5-4-9-14(15)17-16(18(24)13-7-2-1-3-8-13)19(25)20(26)22(17)11-6-12-23/h1-5,7-10,17,23-24H,6,11-12H2. The van der Waals surface area contributed by atoms with Crippen molar-refractivity contribution in [2.45, 2.75) is 12.5 Å². The van der Waals surface area contributed by atoms with E-state index in [1.807, 2.05) is 0 Å². The summed E-state index contributed by atoms with van der Waals surface area (Å²) in [5, 5.41) is 19.8. The Kier molecular flexibility index (Phi) is 5.14. The summed E-state index contributed by atoms with van der Waals surface area (Å²) in [4.78, 5) is 26.3. The third kappa shape index (κ3) is 3.11. The monoisotopic (exact) mass is 355 g/mol. The van der Waals surface area contributed by atoms with Crippen LogP contribution in [-0.4, -0.2) is 40.0 Å². The number of benzene rings is 2. The Hall–Kier alpha value is -2.99. The van der Waals surface area contributed by atoms with Crippen molar-refractivity contribution in [1.29, 1.82) is 0 Å². The average molecular weight is 355 g/mol. The number of ketones is 1. The minimum atomic E-state index is -1.04. The molecule has 0 aliphatic carbocycles. The highest BCUT2D eigenvalue weighted by Gasteiger charge is 2.46. The van der Waals surface area contributed by atoms with E-state index in [0.29, 0.717) is 5.56 Å². The van der Waals surface area contributed by atoms with Crippen molar-refractivity contribution in [3.63, 3.8) is 0 Å². The predicted molar refractivity (Wildman–Crippen MR) is 93.6 cm³/mol. The number of hydrogen-bond donors (Lipinski definition) is 2. The molecule has 2 aromatic carbocycles. The summed E-state index contributed by atoms with van der Waals surface area (Å²) in [5.74, 6) is -2.60. The molecular weight excluding hydrogens is 337 g/mol. The van der Waals surface area contributed by atoms with Crippen molar-refractivity contribution in [2.24, 2.45) is 0 Å². The quantitative estimate of drug-likeness (QED) is 0.491. The lowest BCUT2D eigenvalue weighted by molar-refractivity contribution is -0.140. The molecule has 1 aliphatic heterocycles. The van der Waals surface area contributed by atoms with Crippen LogP contribution in [0.25, 0.3) is 5.76 Å². The summed E-state index contributed by atoms with van der Waals surface area (Å²) in [5.41, 5.74) is 0.348. The van der Waals surface area contributed by atoms with Gasteiger partial charge in [0, 0.05) is 24.3 Å². The maximum atomic E-state index is 14.4. The zero-order valence-corrected chi connectivity index (χ0v) is 13.9. The largest absolute Gasteiger partial charge is 0.507 e. The van der Waals surface area contributed by atoms with Gasteiger partial charge < -0.3 is 15.1 Å². The van der Waals surface area contributed by atoms with Gasteiger partial charge in [0.05, 0.1) is 11.6 Å². The van der Waals surface area contributed by atoms with Gasteiger partial charge in [-0.05, 0) is 12.5 Å². The molecule has 0 bridgehead atoms. The van der Waals surface area contributed by atoms with Crippen LogP contribution in [0.1, 0.15) is 23.6 Å². The Morgan fingerprint density at radius 3 is 2.35 bits per heavy atom. The maximum absolute atomic E-state index is 14.4. The van der Waals surface area contributed by atoms with Crippen LogP contribution in [0.3, 0.4) is 0 Å². The van der Waals surface area contributed by atoms with Gasteiger partial charge in [0.15, 0.2) is 0 Å². The molecule has 1 atom stereocenters. The van der Waals surface area contributed by atoms with Gasteiger partial charge in [0.1, 0.15) is 11.6 Å². The molecule has 134 valence electrons. The number of hydrogen-bond acceptors (Lipinski definition) is 4. The fourth-order valence-electron chi connectivity index (χ4n) is 3.12. The second-order valence-corrected chi connectivity index (χ2v) is 5.96. The van der Waals surface area contributed by atoms with E-state index in [-0.39, 0.29) is 36.5 Å². The second-order valence-electron chi connectivity index (χ2n) is 5.96. The first-order valence-corrected chi connectivity index (χ1v) is 8.25. The van der Waals surface area contributed by atoms with Crippen LogP contribution in [0.2, 0.25) is 0 Å². The van der Waals surface area contributed by atoms with Gasteiger partial charge in [-0.2, -0.15) is 0 Å². The lowest BCUT2D eigenvalue weighted by atomic mass is 9.95. The summed E-state index contributed by atoms with van der Waals surface area (Å²) >= 11 is 0. The molecule has 2 aromatic rings. The molecule has 3 rings (SSSR count). The number of aliphatic hydroxyl groups is 2. The maximum Gasteiger partial charge on any atom is 0.295 e. The first-order chi connectivity index (χ1) is 12.6. The lowest BCUT2D eigenvalue weighted by Gasteiger charge is -2.25. The molecule has 1 amide bonds. The Morgan fingerprint density at radius 2 is 1.69 bits per heavy atom. The van der Waals surface area contributed by atoms with Crippen molar-refractivity contribution in [2.75, 3.05) is 13.2 Å². The highest BCUT2D eigenvalue weighted by atomic mass is 19.1. The van der Waals surface area contributed by atoms with Crippen LogP contribution in [0.4, 0.5) is 4.39 Å². The Bertz CT molecular complexity index is 863. The van der Waals surface area contributed by atoms with Crippen LogP contribution < -0.4 is 0 Å². The Balaban J connectivity index is 2.19. The molecule has 2 N–H and O–H groups in total. The second kappa shape index (κ2) is 7.49. The molecule has 6 heteroatoms. The highest BCUT2D eigenvalue weighted by Crippen LogP contribution is 2.40. The van der Waals surface area contributed by atoms with Gasteiger partial charge in [-0.3, -0.25) is 9.59 Å². The molecule has 0 spiro atoms. The van der Waals surface area contributed by atoms with E-state index >= 15 is 0 Å². The Morgan fingerprint density at radius 1 is 1.04 bits per heavy atom. The van der Waals surface area contributed by atoms with Crippen molar-refractivity contribution in [1.82, 2.24) is 4.90 Å². The molecule has 26 heavy (non-hydrogen) atoms. The van der Waals surface area contributed by atoms with E-state index < -0.39 is 23.5 Å². The lowest BCUT2D eigenvalue weighted by Crippen LogP contribution is -2.31. The normalized spacial score (nSPS) is 19.2. The minimum absolute atomic E-state index is 0.0750. The van der Waals surface area contributed by atoms with Crippen molar-refractivity contribution in [3.05, 3.63) is 77.1 Å². The summed E-state index contributed by atoms with van der Waals surface area (Å²) in [6, 6.07) is 13.1. The van der Waals surface area contributed by atoms with E-state index in [1.54, 1.807) is 36.4 Å². The van der Waals surface area contributed by atoms with E-state index in [2.05, 4.69) is 0 Å². The first-order valence-electron chi connectivity index (χ1n) is 8.25. The van der Waals surface area contributed by atoms with Gasteiger partial charge in [-0.15, -0.1) is 0 Å². The van der Waals surface area contributed by atoms with Crippen LogP contribution in [0, 0.1) is 5.82 Å². The minimum Gasteiger partial charge on any atom is -0.507 e. The number of amides is 1. The molecule has 1 unspecified atom stereocenters. The number of aliphatic hydroxyl groups excluding tert-OH is 2. The highest BCUT2D eigenvalue weighted by molar-refractivity contribution is 6.46. The van der Waals surface area contributed by atoms with E-state index in [0.717, 1.165) is 0 Å². The summed E-state index contributed by atoms with van der Waals surface area (Å²) < 4.78 is 14.4. The topological polar surface area (TPSA) is 77.8 Å². The number of Topliss-reactive ketones (excluding diaryl/α,β-unsaturated/α-hetero) is 1. The molecule has 1 saturated heterocycles. The number of carbonyl (C=O) groups excluding carboxylic acids is 2. The summed E-state index contributed by atoms with van der Waals surface area (Å²) in [6.07, 6.45) is 0.239. The van der Waals surface area contributed by atoms with Gasteiger partial charge in [0.25, 0.3) is 11.7 Å². The number of halogens is 1. The van der Waals surface area contributed by atoms with Gasteiger partial charge >= 0.3 is 0 Å². The molecule has 1 aliphatic rings. The molecule has 0 saturated carbocycles. The van der Waals surface area contributed by atoms with Crippen LogP contribution >= 0.6 is 0 Å². The molecule has 1 fully saturated rings. The van der Waals surface area contributed by atoms with E-state index in [9.17, 15) is 19.1 Å². The van der Waals surface area contributed by atoms with Gasteiger partial charge in [0.2, 0.25) is 0 Å². The van der Waals surface area contributed by atoms with E-state index in [1.165, 1.54) is 23.1 Å². The molecule has 0 radical (unpaired) electrons. The number of likely N-dealkylation sites (tertiary alicyclic amines) is 1. The predicted octanol–water partition coefficient (Wildman–Crippen LogP) is 2.63. The van der Waals surface area contributed by atoms with Crippen molar-refractivity contribution >= 4 is 17.4 Å². The number of nitrogens with zero attached hydrogens (tertiary/aromatic N) is 1. The third-order valence-electron chi connectivity index (χ3n) is 4.34. The molecule has 0 aromatic heterocycles. The third-order valence-corrected chi connectivity index (χ3v) is 4.34. The SMILES string of the molecule is O=C1C(=O)N(CCCO)C(c2ccccc2F)C1=C(O)c1ccccc1. The van der Waals surface area contributed by atoms with Crippen molar-refractivity contribution < 1.29 is 24.2 Å². The van der Waals surface area contributed by atoms with Crippen molar-refractivity contribution in [3.8, 4) is 0 Å². The number of carbonyl (C=O) groups is 2. The summed E-state index contributed by atoms with van der Waals surface area (Å²) in [7, 11) is 0. The zero-order valence-electron chi connectivity index (χ0n) is 13.9. The van der Waals surface area contributed by atoms with Gasteiger partial charge in [-0.1, -0.05) is 48.5 Å². The average Bonchev–Trinajstić information content (AvgIpc) is 2.91. The van der Waals surface area contributed by atoms with Crippen LogP contribution in [0.5, 0.6) is 0 Å². The first kappa shape index (κ1) is 17.8.